The summed E-state index contributed by atoms with van der Waals surface area (Å²) in [5.74, 6) is 0.428. The molecule has 0 unspecified atom stereocenters. The topological polar surface area (TPSA) is 53.0 Å². The highest BCUT2D eigenvalue weighted by Crippen LogP contribution is 2.32. The Morgan fingerprint density at radius 1 is 0.846 bits per heavy atom. The summed E-state index contributed by atoms with van der Waals surface area (Å²) in [5.41, 5.74) is 4.10. The van der Waals surface area contributed by atoms with E-state index < -0.39 is 5.92 Å². The fourth-order valence-corrected chi connectivity index (χ4v) is 5.33. The van der Waals surface area contributed by atoms with Crippen molar-refractivity contribution in [1.82, 2.24) is 9.80 Å². The third-order valence-electron chi connectivity index (χ3n) is 7.52. The number of rotatable bonds is 10. The summed E-state index contributed by atoms with van der Waals surface area (Å²) in [6.07, 6.45) is 0.439. The maximum absolute atomic E-state index is 14.3. The van der Waals surface area contributed by atoms with Crippen molar-refractivity contribution in [3.63, 3.8) is 0 Å². The Labute approximate surface area is 231 Å². The van der Waals surface area contributed by atoms with Crippen LogP contribution < -0.4 is 4.74 Å². The minimum Gasteiger partial charge on any atom is -0.489 e. The number of benzene rings is 4. The molecule has 0 saturated carbocycles. The van der Waals surface area contributed by atoms with Crippen LogP contribution >= 0.6 is 0 Å². The highest BCUT2D eigenvalue weighted by atomic mass is 16.5. The molecule has 0 bridgehead atoms. The first-order valence-electron chi connectivity index (χ1n) is 13.6. The van der Waals surface area contributed by atoms with E-state index in [2.05, 4.69) is 17.0 Å². The number of hydrogen-bond donors (Lipinski definition) is 1. The number of carbonyl (C=O) groups is 1. The van der Waals surface area contributed by atoms with Gasteiger partial charge in [0, 0.05) is 26.7 Å². The lowest BCUT2D eigenvalue weighted by Gasteiger charge is -2.34. The highest BCUT2D eigenvalue weighted by Gasteiger charge is 2.32. The molecule has 1 N–H and O–H groups in total. The summed E-state index contributed by atoms with van der Waals surface area (Å²) in [4.78, 5) is 18.4. The van der Waals surface area contributed by atoms with E-state index in [1.54, 1.807) is 0 Å². The molecule has 1 aliphatic rings. The molecule has 0 aliphatic carbocycles. The minimum absolute atomic E-state index is 0.0431. The van der Waals surface area contributed by atoms with Gasteiger partial charge in [-0.25, -0.2) is 0 Å². The molecule has 0 aromatic heterocycles. The van der Waals surface area contributed by atoms with Crippen molar-refractivity contribution in [1.29, 1.82) is 0 Å². The second-order valence-electron chi connectivity index (χ2n) is 10.3. The number of aliphatic hydroxyl groups excluding tert-OH is 1. The van der Waals surface area contributed by atoms with Crippen LogP contribution in [-0.2, 0) is 11.4 Å². The van der Waals surface area contributed by atoms with Crippen molar-refractivity contribution in [2.75, 3.05) is 26.7 Å². The molecule has 0 radical (unpaired) electrons. The van der Waals surface area contributed by atoms with Gasteiger partial charge in [-0.1, -0.05) is 103 Å². The first-order chi connectivity index (χ1) is 19.1. The molecule has 5 rings (SSSR count). The van der Waals surface area contributed by atoms with Crippen molar-refractivity contribution in [2.24, 2.45) is 0 Å². The van der Waals surface area contributed by atoms with Crippen molar-refractivity contribution >= 4 is 5.91 Å². The molecule has 1 heterocycles. The molecule has 4 aromatic carbocycles. The number of likely N-dealkylation sites (tertiary alicyclic amines) is 1. The number of ether oxygens (including phenoxy) is 1. The van der Waals surface area contributed by atoms with Gasteiger partial charge in [-0.15, -0.1) is 0 Å². The second kappa shape index (κ2) is 12.7. The Hall–Kier alpha value is -3.93. The Morgan fingerprint density at radius 3 is 1.95 bits per heavy atom. The van der Waals surface area contributed by atoms with Gasteiger partial charge in [0.05, 0.1) is 18.1 Å². The van der Waals surface area contributed by atoms with Gasteiger partial charge in [-0.2, -0.15) is 0 Å². The van der Waals surface area contributed by atoms with E-state index in [1.807, 2.05) is 115 Å². The first kappa shape index (κ1) is 26.7. The van der Waals surface area contributed by atoms with Crippen molar-refractivity contribution in [2.45, 2.75) is 31.1 Å². The number of aliphatic hydroxyl groups is 1. The Morgan fingerprint density at radius 2 is 1.41 bits per heavy atom. The Balaban J connectivity index is 1.40. The fraction of sp³-hybridized carbons (Fsp3) is 0.265. The predicted molar refractivity (Wildman–Crippen MR) is 155 cm³/mol. The number of hydrogen-bond acceptors (Lipinski definition) is 4. The van der Waals surface area contributed by atoms with Crippen LogP contribution in [-0.4, -0.2) is 53.6 Å². The number of β-amino-alcohol motifs (C(OH)–C–C–N with tert-alkyl or cyclic N) is 1. The molecule has 4 aromatic rings. The van der Waals surface area contributed by atoms with Gasteiger partial charge in [0.1, 0.15) is 12.4 Å². The molecule has 1 saturated heterocycles. The lowest BCUT2D eigenvalue weighted by Crippen LogP contribution is -2.41. The monoisotopic (exact) mass is 520 g/mol. The maximum Gasteiger partial charge on any atom is 0.234 e. The molecule has 2 atom stereocenters. The average Bonchev–Trinajstić information content (AvgIpc) is 3.41. The lowest BCUT2D eigenvalue weighted by atomic mass is 9.89. The zero-order chi connectivity index (χ0) is 27.0. The fourth-order valence-electron chi connectivity index (χ4n) is 5.33. The van der Waals surface area contributed by atoms with Crippen LogP contribution in [0.4, 0.5) is 0 Å². The molecule has 1 aliphatic heterocycles. The SMILES string of the molecule is CN(C(=O)C(c1ccccc1)c1ccccc1)[C@H](CN1CC[C@H](O)C1)c1ccc(OCc2ccccc2)cc1. The van der Waals surface area contributed by atoms with E-state index in [-0.39, 0.29) is 18.1 Å². The van der Waals surface area contributed by atoms with Gasteiger partial charge < -0.3 is 14.7 Å². The summed E-state index contributed by atoms with van der Waals surface area (Å²) < 4.78 is 6.01. The largest absolute Gasteiger partial charge is 0.489 e. The van der Waals surface area contributed by atoms with E-state index in [0.717, 1.165) is 41.0 Å². The molecular weight excluding hydrogens is 484 g/mol. The van der Waals surface area contributed by atoms with E-state index in [9.17, 15) is 9.90 Å². The molecule has 39 heavy (non-hydrogen) atoms. The first-order valence-corrected chi connectivity index (χ1v) is 13.6. The summed E-state index contributed by atoms with van der Waals surface area (Å²) in [7, 11) is 1.90. The van der Waals surface area contributed by atoms with Crippen LogP contribution in [0.1, 0.15) is 40.6 Å². The Kier molecular flexibility index (Phi) is 8.71. The van der Waals surface area contributed by atoms with Crippen LogP contribution in [0.5, 0.6) is 5.75 Å². The van der Waals surface area contributed by atoms with Gasteiger partial charge in [-0.3, -0.25) is 9.69 Å². The lowest BCUT2D eigenvalue weighted by molar-refractivity contribution is -0.133. The normalized spacial score (nSPS) is 16.2. The maximum atomic E-state index is 14.3. The van der Waals surface area contributed by atoms with Crippen LogP contribution in [0.15, 0.2) is 115 Å². The van der Waals surface area contributed by atoms with E-state index in [0.29, 0.717) is 19.7 Å². The third kappa shape index (κ3) is 6.75. The smallest absolute Gasteiger partial charge is 0.234 e. The highest BCUT2D eigenvalue weighted by molar-refractivity contribution is 5.87. The van der Waals surface area contributed by atoms with Crippen molar-refractivity contribution in [3.8, 4) is 5.75 Å². The van der Waals surface area contributed by atoms with Crippen LogP contribution in [0, 0.1) is 0 Å². The molecule has 0 spiro atoms. The summed E-state index contributed by atoms with van der Waals surface area (Å²) in [6.45, 7) is 2.60. The molecule has 200 valence electrons. The van der Waals surface area contributed by atoms with Gasteiger partial charge >= 0.3 is 0 Å². The van der Waals surface area contributed by atoms with Gasteiger partial charge in [0.2, 0.25) is 5.91 Å². The molecule has 1 amide bonds. The van der Waals surface area contributed by atoms with E-state index in [1.165, 1.54) is 0 Å². The summed E-state index contributed by atoms with van der Waals surface area (Å²) >= 11 is 0. The van der Waals surface area contributed by atoms with E-state index >= 15 is 0 Å². The number of amides is 1. The summed E-state index contributed by atoms with van der Waals surface area (Å²) in [5, 5.41) is 10.2. The summed E-state index contributed by atoms with van der Waals surface area (Å²) in [6, 6.07) is 38.0. The minimum atomic E-state index is -0.405. The van der Waals surface area contributed by atoms with Crippen molar-refractivity contribution in [3.05, 3.63) is 138 Å². The Bertz CT molecular complexity index is 1270. The zero-order valence-corrected chi connectivity index (χ0v) is 22.4. The predicted octanol–water partition coefficient (Wildman–Crippen LogP) is 5.66. The average molecular weight is 521 g/mol. The molecule has 5 heteroatoms. The van der Waals surface area contributed by atoms with E-state index in [4.69, 9.17) is 4.74 Å². The second-order valence-corrected chi connectivity index (χ2v) is 10.3. The zero-order valence-electron chi connectivity index (χ0n) is 22.4. The van der Waals surface area contributed by atoms with Crippen LogP contribution in [0.25, 0.3) is 0 Å². The quantitative estimate of drug-likeness (QED) is 0.293. The number of likely N-dealkylation sites (N-methyl/N-ethyl adjacent to an activating group) is 1. The number of nitrogens with zero attached hydrogens (tertiary/aromatic N) is 2. The number of carbonyl (C=O) groups excluding carboxylic acids is 1. The molecule has 1 fully saturated rings. The molecule has 5 nitrogen and oxygen atoms in total. The van der Waals surface area contributed by atoms with Gasteiger partial charge in [-0.05, 0) is 40.8 Å². The van der Waals surface area contributed by atoms with Gasteiger partial charge in [0.15, 0.2) is 0 Å². The standard InChI is InChI=1S/C34H36N2O3/c1-35(34(38)33(28-13-7-3-8-14-28)29-15-9-4-10-16-29)32(24-36-22-21-30(37)23-36)27-17-19-31(20-18-27)39-25-26-11-5-2-6-12-26/h2-20,30,32-33,37H,21-25H2,1H3/t30-,32+/m0/s1. The third-order valence-corrected chi connectivity index (χ3v) is 7.52. The van der Waals surface area contributed by atoms with Crippen LogP contribution in [0.3, 0.4) is 0 Å². The van der Waals surface area contributed by atoms with Gasteiger partial charge in [0.25, 0.3) is 0 Å². The molecular formula is C34H36N2O3. The van der Waals surface area contributed by atoms with Crippen molar-refractivity contribution < 1.29 is 14.6 Å². The van der Waals surface area contributed by atoms with Crippen LogP contribution in [0.2, 0.25) is 0 Å².